The molecule has 2 saturated heterocycles. The van der Waals surface area contributed by atoms with Gasteiger partial charge in [0.25, 0.3) is 0 Å². The standard InChI is InChI=1S/C22H32N2O5S/c1-3-13-29-20-9-7-17(14-21(20)28-4-2)8-10-22(25)23-18-15-30(26,27)16-19(18)24-11-5-6-12-24/h7-10,14,18-19H,3-6,11-13,15-16H2,1-2H3,(H,23,25)/b10-8+. The summed E-state index contributed by atoms with van der Waals surface area (Å²) in [5, 5.41) is 2.91. The van der Waals surface area contributed by atoms with Crippen molar-refractivity contribution in [2.24, 2.45) is 0 Å². The topological polar surface area (TPSA) is 84.9 Å². The molecule has 1 N–H and O–H groups in total. The first-order valence-electron chi connectivity index (χ1n) is 10.7. The lowest BCUT2D eigenvalue weighted by molar-refractivity contribution is -0.117. The van der Waals surface area contributed by atoms with Gasteiger partial charge in [-0.1, -0.05) is 13.0 Å². The number of benzene rings is 1. The van der Waals surface area contributed by atoms with E-state index >= 15 is 0 Å². The van der Waals surface area contributed by atoms with Gasteiger partial charge in [0.1, 0.15) is 0 Å². The number of amides is 1. The summed E-state index contributed by atoms with van der Waals surface area (Å²) in [6, 6.07) is 5.05. The molecule has 1 aromatic rings. The molecule has 0 aromatic heterocycles. The largest absolute Gasteiger partial charge is 0.490 e. The normalized spacial score (nSPS) is 23.7. The third kappa shape index (κ3) is 5.98. The minimum absolute atomic E-state index is 0.00565. The van der Waals surface area contributed by atoms with E-state index < -0.39 is 9.84 Å². The molecule has 166 valence electrons. The minimum atomic E-state index is -3.13. The Hall–Kier alpha value is -2.06. The zero-order valence-electron chi connectivity index (χ0n) is 17.8. The predicted molar refractivity (Wildman–Crippen MR) is 118 cm³/mol. The highest BCUT2D eigenvalue weighted by Crippen LogP contribution is 2.29. The summed E-state index contributed by atoms with van der Waals surface area (Å²) in [6.45, 7) is 6.88. The smallest absolute Gasteiger partial charge is 0.244 e. The lowest BCUT2D eigenvalue weighted by atomic mass is 10.1. The molecule has 2 unspecified atom stereocenters. The van der Waals surface area contributed by atoms with Gasteiger partial charge in [0.2, 0.25) is 5.91 Å². The molecular formula is C22H32N2O5S. The molecule has 8 heteroatoms. The van der Waals surface area contributed by atoms with E-state index in [1.165, 1.54) is 6.08 Å². The lowest BCUT2D eigenvalue weighted by Gasteiger charge is -2.28. The van der Waals surface area contributed by atoms with Crippen molar-refractivity contribution in [3.05, 3.63) is 29.8 Å². The Morgan fingerprint density at radius 2 is 1.93 bits per heavy atom. The monoisotopic (exact) mass is 436 g/mol. The van der Waals surface area contributed by atoms with E-state index in [2.05, 4.69) is 10.2 Å². The number of nitrogens with one attached hydrogen (secondary N) is 1. The van der Waals surface area contributed by atoms with Crippen molar-refractivity contribution < 1.29 is 22.7 Å². The van der Waals surface area contributed by atoms with Gasteiger partial charge in [-0.3, -0.25) is 9.69 Å². The molecule has 2 aliphatic rings. The molecule has 30 heavy (non-hydrogen) atoms. The zero-order chi connectivity index (χ0) is 21.6. The number of rotatable bonds is 9. The molecule has 1 aromatic carbocycles. The Balaban J connectivity index is 1.65. The second-order valence-corrected chi connectivity index (χ2v) is 9.98. The van der Waals surface area contributed by atoms with Crippen LogP contribution in [0.4, 0.5) is 0 Å². The molecule has 2 heterocycles. The van der Waals surface area contributed by atoms with Crippen LogP contribution >= 0.6 is 0 Å². The third-order valence-electron chi connectivity index (χ3n) is 5.42. The zero-order valence-corrected chi connectivity index (χ0v) is 18.6. The van der Waals surface area contributed by atoms with Gasteiger partial charge in [-0.05, 0) is 63.0 Å². The van der Waals surface area contributed by atoms with Gasteiger partial charge in [-0.15, -0.1) is 0 Å². The Kier molecular flexibility index (Phi) is 7.77. The quantitative estimate of drug-likeness (QED) is 0.598. The van der Waals surface area contributed by atoms with Crippen molar-refractivity contribution >= 4 is 21.8 Å². The molecule has 2 fully saturated rings. The fourth-order valence-electron chi connectivity index (χ4n) is 4.03. The summed E-state index contributed by atoms with van der Waals surface area (Å²) in [5.74, 6) is 1.17. The number of hydrogen-bond donors (Lipinski definition) is 1. The molecule has 0 spiro atoms. The molecule has 0 bridgehead atoms. The minimum Gasteiger partial charge on any atom is -0.490 e. The molecule has 0 aliphatic carbocycles. The van der Waals surface area contributed by atoms with Crippen molar-refractivity contribution in [2.75, 3.05) is 37.8 Å². The van der Waals surface area contributed by atoms with Gasteiger partial charge in [0.05, 0.1) is 30.8 Å². The van der Waals surface area contributed by atoms with Gasteiger partial charge in [0.15, 0.2) is 21.3 Å². The van der Waals surface area contributed by atoms with Gasteiger partial charge in [-0.25, -0.2) is 8.42 Å². The first-order valence-corrected chi connectivity index (χ1v) is 12.6. The average Bonchev–Trinajstić information content (AvgIpc) is 3.33. The second-order valence-electron chi connectivity index (χ2n) is 7.82. The maximum absolute atomic E-state index is 12.5. The van der Waals surface area contributed by atoms with E-state index in [4.69, 9.17) is 9.47 Å². The van der Waals surface area contributed by atoms with Crippen molar-refractivity contribution in [3.8, 4) is 11.5 Å². The summed E-state index contributed by atoms with van der Waals surface area (Å²) >= 11 is 0. The van der Waals surface area contributed by atoms with Crippen LogP contribution in [0.2, 0.25) is 0 Å². The van der Waals surface area contributed by atoms with E-state index in [0.29, 0.717) is 24.7 Å². The van der Waals surface area contributed by atoms with E-state index in [1.807, 2.05) is 32.0 Å². The number of carbonyl (C=O) groups is 1. The average molecular weight is 437 g/mol. The van der Waals surface area contributed by atoms with Crippen LogP contribution in [-0.4, -0.2) is 69.1 Å². The van der Waals surface area contributed by atoms with Crippen LogP contribution in [0.5, 0.6) is 11.5 Å². The SMILES string of the molecule is CCCOc1ccc(/C=C/C(=O)NC2CS(=O)(=O)CC2N2CCCC2)cc1OCC. The van der Waals surface area contributed by atoms with E-state index in [9.17, 15) is 13.2 Å². The summed E-state index contributed by atoms with van der Waals surface area (Å²) in [4.78, 5) is 14.7. The highest BCUT2D eigenvalue weighted by molar-refractivity contribution is 7.91. The molecule has 0 saturated carbocycles. The number of sulfone groups is 1. The highest BCUT2D eigenvalue weighted by atomic mass is 32.2. The van der Waals surface area contributed by atoms with Crippen molar-refractivity contribution in [1.29, 1.82) is 0 Å². The van der Waals surface area contributed by atoms with Gasteiger partial charge >= 0.3 is 0 Å². The van der Waals surface area contributed by atoms with Crippen LogP contribution in [0, 0.1) is 0 Å². The number of ether oxygens (including phenoxy) is 2. The van der Waals surface area contributed by atoms with Crippen molar-refractivity contribution in [1.82, 2.24) is 10.2 Å². The van der Waals surface area contributed by atoms with Crippen LogP contribution in [0.3, 0.4) is 0 Å². The summed E-state index contributed by atoms with van der Waals surface area (Å²) in [7, 11) is -3.13. The number of hydrogen-bond acceptors (Lipinski definition) is 6. The first-order chi connectivity index (χ1) is 14.4. The number of likely N-dealkylation sites (tertiary alicyclic amines) is 1. The maximum Gasteiger partial charge on any atom is 0.244 e. The Labute approximate surface area is 179 Å². The first kappa shape index (κ1) is 22.6. The van der Waals surface area contributed by atoms with E-state index in [1.54, 1.807) is 6.08 Å². The maximum atomic E-state index is 12.5. The molecular weight excluding hydrogens is 404 g/mol. The van der Waals surface area contributed by atoms with Crippen LogP contribution in [0.1, 0.15) is 38.7 Å². The predicted octanol–water partition coefficient (Wildman–Crippen LogP) is 2.26. The van der Waals surface area contributed by atoms with Crippen molar-refractivity contribution in [3.63, 3.8) is 0 Å². The Morgan fingerprint density at radius 1 is 1.17 bits per heavy atom. The molecule has 2 aliphatic heterocycles. The summed E-state index contributed by atoms with van der Waals surface area (Å²) in [5.41, 5.74) is 0.813. The highest BCUT2D eigenvalue weighted by Gasteiger charge is 2.42. The molecule has 0 radical (unpaired) electrons. The van der Waals surface area contributed by atoms with Crippen LogP contribution < -0.4 is 14.8 Å². The van der Waals surface area contributed by atoms with Crippen LogP contribution in [-0.2, 0) is 14.6 Å². The van der Waals surface area contributed by atoms with Gasteiger partial charge < -0.3 is 14.8 Å². The van der Waals surface area contributed by atoms with E-state index in [0.717, 1.165) is 37.9 Å². The summed E-state index contributed by atoms with van der Waals surface area (Å²) in [6.07, 6.45) is 6.22. The number of nitrogens with zero attached hydrogens (tertiary/aromatic N) is 1. The lowest BCUT2D eigenvalue weighted by Crippen LogP contribution is -2.49. The Morgan fingerprint density at radius 3 is 2.63 bits per heavy atom. The third-order valence-corrected chi connectivity index (χ3v) is 7.13. The fraction of sp³-hybridized carbons (Fsp3) is 0.591. The van der Waals surface area contributed by atoms with Gasteiger partial charge in [-0.2, -0.15) is 0 Å². The second kappa shape index (κ2) is 10.3. The number of carbonyl (C=O) groups excluding carboxylic acids is 1. The summed E-state index contributed by atoms with van der Waals surface area (Å²) < 4.78 is 35.7. The molecule has 2 atom stereocenters. The van der Waals surface area contributed by atoms with Crippen LogP contribution in [0.25, 0.3) is 6.08 Å². The van der Waals surface area contributed by atoms with Crippen molar-refractivity contribution in [2.45, 2.75) is 45.2 Å². The van der Waals surface area contributed by atoms with E-state index in [-0.39, 0.29) is 29.5 Å². The molecule has 3 rings (SSSR count). The fourth-order valence-corrected chi connectivity index (χ4v) is 5.98. The molecule has 7 nitrogen and oxygen atoms in total. The van der Waals surface area contributed by atoms with Gasteiger partial charge in [0, 0.05) is 12.1 Å². The molecule has 1 amide bonds. The Bertz CT molecular complexity index is 862. The van der Waals surface area contributed by atoms with Crippen LogP contribution in [0.15, 0.2) is 24.3 Å².